The highest BCUT2D eigenvalue weighted by atomic mass is 16.5. The molecule has 1 aliphatic rings. The van der Waals surface area contributed by atoms with Gasteiger partial charge in [0.2, 0.25) is 0 Å². The van der Waals surface area contributed by atoms with Crippen molar-refractivity contribution < 1.29 is 19.1 Å². The van der Waals surface area contributed by atoms with E-state index in [0.29, 0.717) is 25.6 Å². The van der Waals surface area contributed by atoms with Gasteiger partial charge in [-0.1, -0.05) is 163 Å². The highest BCUT2D eigenvalue weighted by molar-refractivity contribution is 5.72. The van der Waals surface area contributed by atoms with Gasteiger partial charge in [0, 0.05) is 6.42 Å². The van der Waals surface area contributed by atoms with Crippen LogP contribution < -0.4 is 0 Å². The van der Waals surface area contributed by atoms with Crippen LogP contribution in [0.5, 0.6) is 0 Å². The van der Waals surface area contributed by atoms with Crippen LogP contribution in [0.3, 0.4) is 0 Å². The first-order valence-electron chi connectivity index (χ1n) is 20.5. The fourth-order valence-electron chi connectivity index (χ4n) is 7.10. The molecule has 1 unspecified atom stereocenters. The summed E-state index contributed by atoms with van der Waals surface area (Å²) in [5, 5.41) is 0. The zero-order valence-electron chi connectivity index (χ0n) is 31.4. The monoisotopic (exact) mass is 666 g/mol. The first-order chi connectivity index (χ1) is 22.5. The van der Waals surface area contributed by atoms with E-state index in [-0.39, 0.29) is 25.3 Å². The Kier molecular flexibility index (Phi) is 32.6. The van der Waals surface area contributed by atoms with Crippen LogP contribution >= 0.6 is 0 Å². The van der Waals surface area contributed by atoms with Crippen molar-refractivity contribution in [3.8, 4) is 0 Å². The minimum Gasteiger partial charge on any atom is -0.466 e. The number of likely N-dealkylation sites (tertiary alicyclic amines) is 1. The lowest BCUT2D eigenvalue weighted by Gasteiger charge is -2.28. The van der Waals surface area contributed by atoms with Crippen LogP contribution in [0.4, 0.5) is 0 Å². The lowest BCUT2D eigenvalue weighted by atomic mass is 9.90. The summed E-state index contributed by atoms with van der Waals surface area (Å²) in [6.07, 6.45) is 34.1. The molecule has 1 atom stereocenters. The highest BCUT2D eigenvalue weighted by Gasteiger charge is 2.25. The SMILES string of the molecule is C.CCCCCCCCCCC(CCCC(=O)OCCCCCCCC(CCCCC)CCCCC)COC(=O)C1CCN(C)CC1. The van der Waals surface area contributed by atoms with Crippen LogP contribution in [0.1, 0.15) is 208 Å². The van der Waals surface area contributed by atoms with Gasteiger partial charge < -0.3 is 14.4 Å². The Balaban J connectivity index is 0.0000212. The molecule has 0 spiro atoms. The second kappa shape index (κ2) is 33.4. The van der Waals surface area contributed by atoms with E-state index >= 15 is 0 Å². The standard InChI is InChI=1S/C41H79NO4.CH4/c1-5-8-11-12-13-14-16-22-28-38(36-46-41(44)39-31-33-42(4)34-32-39)29-24-30-40(43)45-35-23-18-15-17-21-27-37(25-19-9-6-2)26-20-10-7-3;/h37-39H,5-36H2,1-4H3;1H4. The molecule has 5 nitrogen and oxygen atoms in total. The van der Waals surface area contributed by atoms with Gasteiger partial charge in [-0.3, -0.25) is 9.59 Å². The molecule has 0 aliphatic carbocycles. The summed E-state index contributed by atoms with van der Waals surface area (Å²) < 4.78 is 11.5. The van der Waals surface area contributed by atoms with Crippen LogP contribution in [0.25, 0.3) is 0 Å². The Labute approximate surface area is 294 Å². The van der Waals surface area contributed by atoms with Crippen LogP contribution in [0.15, 0.2) is 0 Å². The zero-order chi connectivity index (χ0) is 33.5. The van der Waals surface area contributed by atoms with Crippen molar-refractivity contribution >= 4 is 11.9 Å². The van der Waals surface area contributed by atoms with Crippen molar-refractivity contribution in [1.29, 1.82) is 0 Å². The normalized spacial score (nSPS) is 14.7. The second-order valence-corrected chi connectivity index (χ2v) is 14.9. The quantitative estimate of drug-likeness (QED) is 0.0529. The van der Waals surface area contributed by atoms with Crippen molar-refractivity contribution in [3.63, 3.8) is 0 Å². The lowest BCUT2D eigenvalue weighted by molar-refractivity contribution is -0.152. The molecule has 1 aliphatic heterocycles. The van der Waals surface area contributed by atoms with Gasteiger partial charge in [-0.25, -0.2) is 0 Å². The van der Waals surface area contributed by atoms with E-state index in [1.165, 1.54) is 128 Å². The largest absolute Gasteiger partial charge is 0.466 e. The third-order valence-corrected chi connectivity index (χ3v) is 10.4. The first kappa shape index (κ1) is 45.9. The van der Waals surface area contributed by atoms with Crippen molar-refractivity contribution in [3.05, 3.63) is 0 Å². The Morgan fingerprint density at radius 1 is 0.574 bits per heavy atom. The summed E-state index contributed by atoms with van der Waals surface area (Å²) in [7, 11) is 2.12. The molecule has 0 amide bonds. The topological polar surface area (TPSA) is 55.8 Å². The minimum absolute atomic E-state index is 0. The summed E-state index contributed by atoms with van der Waals surface area (Å²) in [6.45, 7) is 9.89. The van der Waals surface area contributed by atoms with Crippen LogP contribution in [0.2, 0.25) is 0 Å². The molecule has 280 valence electrons. The Bertz CT molecular complexity index is 680. The molecule has 0 bridgehead atoms. The van der Waals surface area contributed by atoms with E-state index in [1.807, 2.05) is 0 Å². The molecule has 0 N–H and O–H groups in total. The maximum absolute atomic E-state index is 12.7. The van der Waals surface area contributed by atoms with Gasteiger partial charge in [-0.15, -0.1) is 0 Å². The zero-order valence-corrected chi connectivity index (χ0v) is 31.4. The van der Waals surface area contributed by atoms with E-state index in [4.69, 9.17) is 9.47 Å². The molecule has 0 aromatic carbocycles. The van der Waals surface area contributed by atoms with Gasteiger partial charge in [-0.2, -0.15) is 0 Å². The molecular weight excluding hydrogens is 582 g/mol. The van der Waals surface area contributed by atoms with E-state index < -0.39 is 0 Å². The average Bonchev–Trinajstić information content (AvgIpc) is 3.05. The molecule has 47 heavy (non-hydrogen) atoms. The summed E-state index contributed by atoms with van der Waals surface area (Å²) in [4.78, 5) is 27.5. The summed E-state index contributed by atoms with van der Waals surface area (Å²) >= 11 is 0. The van der Waals surface area contributed by atoms with E-state index in [0.717, 1.165) is 64.0 Å². The molecular formula is C42H83NO4. The van der Waals surface area contributed by atoms with E-state index in [9.17, 15) is 9.59 Å². The maximum Gasteiger partial charge on any atom is 0.309 e. The molecule has 1 rings (SSSR count). The minimum atomic E-state index is -0.0591. The number of esters is 2. The highest BCUT2D eigenvalue weighted by Crippen LogP contribution is 2.24. The van der Waals surface area contributed by atoms with E-state index in [2.05, 4.69) is 32.7 Å². The van der Waals surface area contributed by atoms with Crippen LogP contribution in [-0.4, -0.2) is 50.2 Å². The number of nitrogens with zero attached hydrogens (tertiary/aromatic N) is 1. The predicted molar refractivity (Wildman–Crippen MR) is 203 cm³/mol. The summed E-state index contributed by atoms with van der Waals surface area (Å²) in [6, 6.07) is 0. The number of hydrogen-bond acceptors (Lipinski definition) is 5. The van der Waals surface area contributed by atoms with E-state index in [1.54, 1.807) is 0 Å². The predicted octanol–water partition coefficient (Wildman–Crippen LogP) is 12.5. The lowest BCUT2D eigenvalue weighted by Crippen LogP contribution is -2.34. The molecule has 1 saturated heterocycles. The Hall–Kier alpha value is -1.10. The van der Waals surface area contributed by atoms with Gasteiger partial charge in [0.15, 0.2) is 0 Å². The third-order valence-electron chi connectivity index (χ3n) is 10.4. The third kappa shape index (κ3) is 27.4. The average molecular weight is 666 g/mol. The maximum atomic E-state index is 12.7. The Morgan fingerprint density at radius 3 is 1.55 bits per heavy atom. The van der Waals surface area contributed by atoms with Crippen molar-refractivity contribution in [2.45, 2.75) is 208 Å². The summed E-state index contributed by atoms with van der Waals surface area (Å²) in [5.41, 5.74) is 0. The van der Waals surface area contributed by atoms with Crippen LogP contribution in [-0.2, 0) is 19.1 Å². The van der Waals surface area contributed by atoms with Crippen molar-refractivity contribution in [2.75, 3.05) is 33.4 Å². The van der Waals surface area contributed by atoms with Gasteiger partial charge in [0.25, 0.3) is 0 Å². The van der Waals surface area contributed by atoms with Gasteiger partial charge in [0.05, 0.1) is 19.1 Å². The van der Waals surface area contributed by atoms with Gasteiger partial charge in [0.1, 0.15) is 0 Å². The number of rotatable bonds is 32. The molecule has 0 radical (unpaired) electrons. The fraction of sp³-hybridized carbons (Fsp3) is 0.952. The number of carbonyl (C=O) groups excluding carboxylic acids is 2. The number of carbonyl (C=O) groups is 2. The molecule has 1 heterocycles. The smallest absolute Gasteiger partial charge is 0.309 e. The number of piperidine rings is 1. The fourth-order valence-corrected chi connectivity index (χ4v) is 7.10. The molecule has 0 aromatic heterocycles. The van der Waals surface area contributed by atoms with Crippen molar-refractivity contribution in [1.82, 2.24) is 4.90 Å². The van der Waals surface area contributed by atoms with Crippen molar-refractivity contribution in [2.24, 2.45) is 17.8 Å². The Morgan fingerprint density at radius 2 is 1.00 bits per heavy atom. The molecule has 0 saturated carbocycles. The molecule has 1 fully saturated rings. The molecule has 0 aromatic rings. The number of hydrogen-bond donors (Lipinski definition) is 0. The first-order valence-corrected chi connectivity index (χ1v) is 20.5. The van der Waals surface area contributed by atoms with Gasteiger partial charge >= 0.3 is 11.9 Å². The van der Waals surface area contributed by atoms with Crippen LogP contribution in [0, 0.1) is 17.8 Å². The van der Waals surface area contributed by atoms with Gasteiger partial charge in [-0.05, 0) is 70.5 Å². The second-order valence-electron chi connectivity index (χ2n) is 14.9. The number of ether oxygens (including phenoxy) is 2. The summed E-state index contributed by atoms with van der Waals surface area (Å²) in [5.74, 6) is 1.27. The molecule has 5 heteroatoms. The number of unbranched alkanes of at least 4 members (excludes halogenated alkanes) is 15.